The summed E-state index contributed by atoms with van der Waals surface area (Å²) >= 11 is 0. The van der Waals surface area contributed by atoms with Crippen LogP contribution in [0.5, 0.6) is 0 Å². The molecule has 0 spiro atoms. The number of benzene rings is 1. The molecule has 1 aromatic carbocycles. The summed E-state index contributed by atoms with van der Waals surface area (Å²) < 4.78 is 4.84. The molecule has 2 unspecified atom stereocenters. The molecular formula is C14H19NO3. The molecule has 1 aromatic rings. The number of nitrogens with two attached hydrogens (primary N) is 1. The van der Waals surface area contributed by atoms with Crippen molar-refractivity contribution in [2.75, 3.05) is 6.61 Å². The topological polar surface area (TPSA) is 72.5 Å². The van der Waals surface area contributed by atoms with Crippen molar-refractivity contribution in [1.29, 1.82) is 0 Å². The van der Waals surface area contributed by atoms with Crippen LogP contribution in [0.4, 0.5) is 0 Å². The number of esters is 1. The van der Waals surface area contributed by atoms with Gasteiger partial charge in [-0.3, -0.25) is 4.79 Å². The summed E-state index contributed by atoms with van der Waals surface area (Å²) in [6.45, 7) is 1.98. The van der Waals surface area contributed by atoms with E-state index in [1.807, 2.05) is 24.3 Å². The summed E-state index contributed by atoms with van der Waals surface area (Å²) in [6, 6.07) is 6.60. The van der Waals surface area contributed by atoms with Crippen molar-refractivity contribution in [3.05, 3.63) is 35.4 Å². The zero-order valence-corrected chi connectivity index (χ0v) is 10.5. The number of aliphatic hydroxyl groups excluding tert-OH is 1. The molecule has 1 saturated carbocycles. The summed E-state index contributed by atoms with van der Waals surface area (Å²) in [5.41, 5.74) is 7.60. The SMILES string of the molecule is CCOC(=O)C(N)C(O)c1ccccc1C1CC1. The third-order valence-electron chi connectivity index (χ3n) is 3.23. The molecule has 98 valence electrons. The van der Waals surface area contributed by atoms with Crippen LogP contribution >= 0.6 is 0 Å². The zero-order chi connectivity index (χ0) is 13.1. The third-order valence-corrected chi connectivity index (χ3v) is 3.23. The van der Waals surface area contributed by atoms with Crippen LogP contribution in [-0.4, -0.2) is 23.7 Å². The summed E-state index contributed by atoms with van der Waals surface area (Å²) in [4.78, 5) is 11.5. The maximum absolute atomic E-state index is 11.5. The number of carbonyl (C=O) groups excluding carboxylic acids is 1. The molecule has 1 aliphatic carbocycles. The summed E-state index contributed by atoms with van der Waals surface area (Å²) in [6.07, 6.45) is 1.28. The van der Waals surface area contributed by atoms with Gasteiger partial charge in [-0.25, -0.2) is 0 Å². The second-order valence-electron chi connectivity index (χ2n) is 4.63. The van der Waals surface area contributed by atoms with Crippen molar-refractivity contribution in [2.45, 2.75) is 37.8 Å². The van der Waals surface area contributed by atoms with Crippen LogP contribution in [0.25, 0.3) is 0 Å². The minimum atomic E-state index is -1.02. The molecule has 2 atom stereocenters. The van der Waals surface area contributed by atoms with Gasteiger partial charge in [0, 0.05) is 0 Å². The minimum Gasteiger partial charge on any atom is -0.465 e. The molecule has 0 saturated heterocycles. The number of rotatable bonds is 5. The first-order valence-corrected chi connectivity index (χ1v) is 6.34. The van der Waals surface area contributed by atoms with Gasteiger partial charge in [0.05, 0.1) is 6.61 Å². The fourth-order valence-corrected chi connectivity index (χ4v) is 2.11. The van der Waals surface area contributed by atoms with E-state index in [1.165, 1.54) is 0 Å². The Morgan fingerprint density at radius 1 is 1.50 bits per heavy atom. The van der Waals surface area contributed by atoms with Crippen LogP contribution in [0.1, 0.15) is 42.9 Å². The first-order valence-electron chi connectivity index (χ1n) is 6.34. The van der Waals surface area contributed by atoms with E-state index in [2.05, 4.69) is 0 Å². The molecule has 1 fully saturated rings. The van der Waals surface area contributed by atoms with Crippen LogP contribution in [0.2, 0.25) is 0 Å². The van der Waals surface area contributed by atoms with Gasteiger partial charge in [-0.1, -0.05) is 24.3 Å². The fourth-order valence-electron chi connectivity index (χ4n) is 2.11. The van der Waals surface area contributed by atoms with E-state index in [9.17, 15) is 9.90 Å². The average molecular weight is 249 g/mol. The lowest BCUT2D eigenvalue weighted by atomic mass is 9.95. The standard InChI is InChI=1S/C14H19NO3/c1-2-18-14(17)12(15)13(16)11-6-4-3-5-10(11)9-7-8-9/h3-6,9,12-13,16H,2,7-8,15H2,1H3. The molecule has 1 aliphatic rings. The van der Waals surface area contributed by atoms with Gasteiger partial charge in [-0.05, 0) is 36.8 Å². The molecule has 0 radical (unpaired) electrons. The highest BCUT2D eigenvalue weighted by Gasteiger charge is 2.32. The lowest BCUT2D eigenvalue weighted by Crippen LogP contribution is -2.38. The van der Waals surface area contributed by atoms with Crippen LogP contribution < -0.4 is 5.73 Å². The van der Waals surface area contributed by atoms with Gasteiger partial charge in [0.2, 0.25) is 0 Å². The maximum atomic E-state index is 11.5. The fraction of sp³-hybridized carbons (Fsp3) is 0.500. The number of hydrogen-bond donors (Lipinski definition) is 2. The van der Waals surface area contributed by atoms with Gasteiger partial charge < -0.3 is 15.6 Å². The molecule has 4 nitrogen and oxygen atoms in total. The average Bonchev–Trinajstić information content (AvgIpc) is 3.21. The third kappa shape index (κ3) is 2.71. The predicted octanol–water partition coefficient (Wildman–Crippen LogP) is 1.49. The largest absolute Gasteiger partial charge is 0.465 e. The molecule has 0 bridgehead atoms. The van der Waals surface area contributed by atoms with E-state index in [0.29, 0.717) is 5.92 Å². The molecule has 4 heteroatoms. The molecule has 0 heterocycles. The van der Waals surface area contributed by atoms with Gasteiger partial charge in [0.1, 0.15) is 12.1 Å². The number of carbonyl (C=O) groups is 1. The Hall–Kier alpha value is -1.39. The van der Waals surface area contributed by atoms with Crippen molar-refractivity contribution in [3.8, 4) is 0 Å². The van der Waals surface area contributed by atoms with Crippen molar-refractivity contribution >= 4 is 5.97 Å². The Labute approximate surface area is 107 Å². The van der Waals surface area contributed by atoms with Crippen molar-refractivity contribution < 1.29 is 14.6 Å². The molecule has 0 aromatic heterocycles. The molecule has 3 N–H and O–H groups in total. The number of ether oxygens (including phenoxy) is 1. The Balaban J connectivity index is 2.17. The maximum Gasteiger partial charge on any atom is 0.325 e. The second kappa shape index (κ2) is 5.50. The normalized spacial score (nSPS) is 18.2. The van der Waals surface area contributed by atoms with E-state index in [4.69, 9.17) is 10.5 Å². The van der Waals surface area contributed by atoms with E-state index in [0.717, 1.165) is 24.0 Å². The Kier molecular flexibility index (Phi) is 3.99. The smallest absolute Gasteiger partial charge is 0.325 e. The Morgan fingerprint density at radius 3 is 2.78 bits per heavy atom. The van der Waals surface area contributed by atoms with E-state index in [1.54, 1.807) is 6.92 Å². The monoisotopic (exact) mass is 249 g/mol. The van der Waals surface area contributed by atoms with Crippen molar-refractivity contribution in [2.24, 2.45) is 5.73 Å². The summed E-state index contributed by atoms with van der Waals surface area (Å²) in [7, 11) is 0. The highest BCUT2D eigenvalue weighted by atomic mass is 16.5. The van der Waals surface area contributed by atoms with E-state index in [-0.39, 0.29) is 6.61 Å². The Bertz CT molecular complexity index is 429. The van der Waals surface area contributed by atoms with Crippen molar-refractivity contribution in [1.82, 2.24) is 0 Å². The number of aliphatic hydroxyl groups is 1. The lowest BCUT2D eigenvalue weighted by Gasteiger charge is -2.20. The molecule has 0 aliphatic heterocycles. The van der Waals surface area contributed by atoms with Gasteiger partial charge >= 0.3 is 5.97 Å². The lowest BCUT2D eigenvalue weighted by molar-refractivity contribution is -0.147. The van der Waals surface area contributed by atoms with Gasteiger partial charge in [-0.2, -0.15) is 0 Å². The minimum absolute atomic E-state index is 0.267. The first kappa shape index (κ1) is 13.1. The molecule has 2 rings (SSSR count). The highest BCUT2D eigenvalue weighted by Crippen LogP contribution is 2.43. The van der Waals surface area contributed by atoms with Gasteiger partial charge in [-0.15, -0.1) is 0 Å². The quantitative estimate of drug-likeness (QED) is 0.775. The first-order chi connectivity index (χ1) is 8.65. The second-order valence-corrected chi connectivity index (χ2v) is 4.63. The van der Waals surface area contributed by atoms with Crippen LogP contribution in [0, 0.1) is 0 Å². The Morgan fingerprint density at radius 2 is 2.17 bits per heavy atom. The van der Waals surface area contributed by atoms with Crippen LogP contribution in [-0.2, 0) is 9.53 Å². The summed E-state index contributed by atoms with van der Waals surface area (Å²) in [5.74, 6) is -0.0548. The van der Waals surface area contributed by atoms with Crippen molar-refractivity contribution in [3.63, 3.8) is 0 Å². The molecule has 0 amide bonds. The van der Waals surface area contributed by atoms with Crippen LogP contribution in [0.3, 0.4) is 0 Å². The predicted molar refractivity (Wildman–Crippen MR) is 68.0 cm³/mol. The van der Waals surface area contributed by atoms with E-state index >= 15 is 0 Å². The zero-order valence-electron chi connectivity index (χ0n) is 10.5. The molecular weight excluding hydrogens is 230 g/mol. The van der Waals surface area contributed by atoms with Gasteiger partial charge in [0.25, 0.3) is 0 Å². The van der Waals surface area contributed by atoms with Crippen LogP contribution in [0.15, 0.2) is 24.3 Å². The molecule has 18 heavy (non-hydrogen) atoms. The highest BCUT2D eigenvalue weighted by molar-refractivity contribution is 5.76. The van der Waals surface area contributed by atoms with Gasteiger partial charge in [0.15, 0.2) is 0 Å². The van der Waals surface area contributed by atoms with E-state index < -0.39 is 18.1 Å². The number of hydrogen-bond acceptors (Lipinski definition) is 4. The summed E-state index contributed by atoms with van der Waals surface area (Å²) in [5, 5.41) is 10.2.